The molecule has 32 nitrogen and oxygen atoms in total. The van der Waals surface area contributed by atoms with Gasteiger partial charge in [0.05, 0.1) is 49.9 Å². The van der Waals surface area contributed by atoms with Gasteiger partial charge in [-0.3, -0.25) is 77.6 Å². The molecule has 0 spiro atoms. The summed E-state index contributed by atoms with van der Waals surface area (Å²) in [7, 11) is 0. The van der Waals surface area contributed by atoms with Gasteiger partial charge in [-0.25, -0.2) is 19.2 Å². The van der Waals surface area contributed by atoms with Gasteiger partial charge in [-0.15, -0.1) is 26.3 Å². The molecule has 8 aliphatic rings. The summed E-state index contributed by atoms with van der Waals surface area (Å²) in [6.07, 6.45) is 25.1. The number of nitrogens with zero attached hydrogens (tertiary/aromatic N) is 8. The summed E-state index contributed by atoms with van der Waals surface area (Å²) >= 11 is 0. The maximum atomic E-state index is 13.8. The monoisotopic (exact) mass is 1920 g/mol. The Labute approximate surface area is 823 Å². The molecule has 12 atom stereocenters. The molecule has 0 unspecified atom stereocenters. The van der Waals surface area contributed by atoms with Crippen LogP contribution in [0.3, 0.4) is 0 Å². The molecule has 12 N–H and O–H groups in total. The molecule has 0 saturated carbocycles. The lowest BCUT2D eigenvalue weighted by Crippen LogP contribution is -2.55. The van der Waals surface area contributed by atoms with Crippen molar-refractivity contribution in [1.82, 2.24) is 102 Å². The van der Waals surface area contributed by atoms with E-state index >= 15 is 0 Å². The number of Topliss-reactive ketones (excluding diaryl/α,β-unsaturated/α-hetero) is 4. The van der Waals surface area contributed by atoms with E-state index in [4.69, 9.17) is 0 Å². The fourth-order valence-corrected chi connectivity index (χ4v) is 23.0. The SMILES string of the molecule is C=CCN1C[C@H](C(=O)N(CCCNCC(C)=O)C(=O)NCC)C[C@@H]2c3cccc4[nH]cc(c34)C[C@H]21.C=CCN1C[C@H](C(=O)N(CCCNCC(C)=O)C(=O)NCC)C[C@@H]2c3cccc4[nH]cc(c34)C[C@H]21.C=CCN1C[C@H](C(=O)N(CCCNCC(C)=O)C(=O)NCC)C[C@@H]2c3cccc4[nH]cc(c34)C[C@H]21.C=CCN1C[C@H](C(=O)N(CCCNCC(C)=O)C(=O)NCC)C[C@@H]2c3cccc4[nH]cc(c34)C[C@H]21. The van der Waals surface area contributed by atoms with E-state index in [0.717, 1.165) is 73.4 Å². The fourth-order valence-electron chi connectivity index (χ4n) is 23.0. The Balaban J connectivity index is 0.000000157. The molecule has 4 aliphatic carbocycles. The zero-order chi connectivity index (χ0) is 99.8. The first-order valence-corrected chi connectivity index (χ1v) is 50.7. The van der Waals surface area contributed by atoms with E-state index in [-0.39, 0.29) is 118 Å². The molecule has 752 valence electrons. The Kier molecular flexibility index (Phi) is 38.0. The number of carbonyl (C=O) groups is 12. The number of hydrogen-bond donors (Lipinski definition) is 12. The average molecular weight is 1920 g/mol. The van der Waals surface area contributed by atoms with E-state index in [1.54, 1.807) is 0 Å². The van der Waals surface area contributed by atoms with Crippen molar-refractivity contribution >= 4 is 114 Å². The van der Waals surface area contributed by atoms with Crippen LogP contribution in [0.4, 0.5) is 19.2 Å². The highest BCUT2D eigenvalue weighted by Crippen LogP contribution is 2.50. The predicted octanol–water partition coefficient (Wildman–Crippen LogP) is 11.2. The summed E-state index contributed by atoms with van der Waals surface area (Å²) in [4.78, 5) is 180. The lowest BCUT2D eigenvalue weighted by Gasteiger charge is -2.47. The molecule has 4 aromatic heterocycles. The van der Waals surface area contributed by atoms with Crippen molar-refractivity contribution in [1.29, 1.82) is 0 Å². The molecule has 0 bridgehead atoms. The van der Waals surface area contributed by atoms with Gasteiger partial charge in [0, 0.05) is 221 Å². The van der Waals surface area contributed by atoms with Crippen molar-refractivity contribution < 1.29 is 57.5 Å². The third-order valence-electron chi connectivity index (χ3n) is 28.9. The van der Waals surface area contributed by atoms with Crippen LogP contribution in [0.15, 0.2) is 148 Å². The normalized spacial score (nSPS) is 21.4. The van der Waals surface area contributed by atoms with E-state index in [2.05, 4.69) is 206 Å². The molecule has 4 fully saturated rings. The second kappa shape index (κ2) is 50.5. The Morgan fingerprint density at radius 3 is 0.721 bits per heavy atom. The van der Waals surface area contributed by atoms with Crippen LogP contribution >= 0.6 is 0 Å². The minimum Gasteiger partial charge on any atom is -0.361 e. The van der Waals surface area contributed by atoms with Crippen molar-refractivity contribution in [2.75, 3.05) is 157 Å². The minimum atomic E-state index is -0.347. The van der Waals surface area contributed by atoms with E-state index in [9.17, 15) is 57.5 Å². The maximum Gasteiger partial charge on any atom is 0.324 e. The Morgan fingerprint density at radius 2 is 0.536 bits per heavy atom. The molecule has 32 heteroatoms. The topological polar surface area (TPSA) is 390 Å². The summed E-state index contributed by atoms with van der Waals surface area (Å²) < 4.78 is 0. The Hall–Kier alpha value is -11.9. The molecule has 4 aliphatic heterocycles. The van der Waals surface area contributed by atoms with Crippen LogP contribution in [0.2, 0.25) is 0 Å². The lowest BCUT2D eigenvalue weighted by atomic mass is 9.72. The first-order chi connectivity index (χ1) is 67.8. The first kappa shape index (κ1) is 105. The van der Waals surface area contributed by atoms with Crippen LogP contribution in [-0.2, 0) is 64.0 Å². The largest absolute Gasteiger partial charge is 0.361 e. The van der Waals surface area contributed by atoms with Gasteiger partial charge in [-0.05, 0) is 227 Å². The van der Waals surface area contributed by atoms with Crippen LogP contribution in [0.5, 0.6) is 0 Å². The molecule has 0 radical (unpaired) electrons. The van der Waals surface area contributed by atoms with Gasteiger partial charge >= 0.3 is 24.1 Å². The summed E-state index contributed by atoms with van der Waals surface area (Å²) in [5, 5.41) is 28.6. The average Bonchev–Trinajstić information content (AvgIpc) is 1.61. The number of imide groups is 4. The molecule has 16 rings (SSSR count). The highest BCUT2D eigenvalue weighted by Gasteiger charge is 2.50. The van der Waals surface area contributed by atoms with Gasteiger partial charge in [-0.2, -0.15) is 0 Å². The van der Waals surface area contributed by atoms with Crippen molar-refractivity contribution in [3.8, 4) is 0 Å². The standard InChI is InChI=1S/4C27H37N5O3/c4*1-4-11-31-17-20(26(34)32(27(35)29-5-2)12-7-10-28-15-18(3)33)13-22-21-8-6-9-23-25(21)19(16-30-23)14-24(22)31/h4*4,6,8-9,16,20,22,24,28,30H,1,5,7,10-15,17H2,2-3H3,(H,29,35)/t4*20-,22-,24-/m1111/s1. The number of benzene rings is 4. The summed E-state index contributed by atoms with van der Waals surface area (Å²) in [6.45, 7) is 41.2. The smallest absolute Gasteiger partial charge is 0.324 e. The van der Waals surface area contributed by atoms with Crippen LogP contribution in [-0.4, -0.2) is 311 Å². The third-order valence-corrected chi connectivity index (χ3v) is 28.9. The molecule has 8 heterocycles. The number of amides is 12. The Bertz CT molecular complexity index is 5060. The number of ketones is 4. The van der Waals surface area contributed by atoms with Crippen LogP contribution in [0.1, 0.15) is 175 Å². The summed E-state index contributed by atoms with van der Waals surface area (Å²) in [5.74, 6) is -0.468. The lowest BCUT2D eigenvalue weighted by molar-refractivity contribution is -0.136. The van der Waals surface area contributed by atoms with Crippen molar-refractivity contribution in [3.05, 3.63) is 193 Å². The number of nitrogens with one attached hydrogen (secondary N) is 12. The number of likely N-dealkylation sites (tertiary alicyclic amines) is 4. The highest BCUT2D eigenvalue weighted by molar-refractivity contribution is 6.00. The molecule has 4 saturated heterocycles. The number of carbonyl (C=O) groups excluding carboxylic acids is 12. The van der Waals surface area contributed by atoms with Gasteiger partial charge in [-0.1, -0.05) is 72.8 Å². The first-order valence-electron chi connectivity index (χ1n) is 50.7. The molecular formula is C108H148N20O12. The van der Waals surface area contributed by atoms with Gasteiger partial charge in [0.1, 0.15) is 23.1 Å². The van der Waals surface area contributed by atoms with E-state index in [1.807, 2.05) is 52.0 Å². The second-order valence-corrected chi connectivity index (χ2v) is 38.8. The zero-order valence-electron chi connectivity index (χ0n) is 83.2. The summed E-state index contributed by atoms with van der Waals surface area (Å²) in [6, 6.07) is 25.3. The quantitative estimate of drug-likeness (QED) is 0.0125. The number of aromatic nitrogens is 4. The van der Waals surface area contributed by atoms with Crippen LogP contribution < -0.4 is 42.5 Å². The molecule has 8 aromatic rings. The van der Waals surface area contributed by atoms with E-state index in [0.29, 0.717) is 207 Å². The molecule has 12 amide bonds. The van der Waals surface area contributed by atoms with Crippen LogP contribution in [0, 0.1) is 23.7 Å². The number of hydrogen-bond acceptors (Lipinski definition) is 20. The number of piperidine rings is 4. The third kappa shape index (κ3) is 25.2. The molecule has 4 aromatic carbocycles. The number of rotatable bonds is 40. The molecule has 140 heavy (non-hydrogen) atoms. The second-order valence-electron chi connectivity index (χ2n) is 38.8. The van der Waals surface area contributed by atoms with Crippen molar-refractivity contribution in [3.63, 3.8) is 0 Å². The summed E-state index contributed by atoms with van der Waals surface area (Å²) in [5.41, 5.74) is 15.1. The van der Waals surface area contributed by atoms with Crippen molar-refractivity contribution in [2.45, 2.75) is 180 Å². The minimum absolute atomic E-state index is 0.0637. The predicted molar refractivity (Wildman–Crippen MR) is 549 cm³/mol. The van der Waals surface area contributed by atoms with Gasteiger partial charge in [0.2, 0.25) is 23.6 Å². The maximum absolute atomic E-state index is 13.8. The van der Waals surface area contributed by atoms with Crippen molar-refractivity contribution in [2.24, 2.45) is 23.7 Å². The van der Waals surface area contributed by atoms with Gasteiger partial charge in [0.25, 0.3) is 0 Å². The number of fused-ring (bicyclic) bond motifs is 8. The van der Waals surface area contributed by atoms with Gasteiger partial charge in [0.15, 0.2) is 0 Å². The number of urea groups is 4. The van der Waals surface area contributed by atoms with E-state index in [1.165, 1.54) is 113 Å². The molecular weight excluding hydrogens is 1770 g/mol. The highest BCUT2D eigenvalue weighted by atomic mass is 16.2. The fraction of sp³-hybridized carbons (Fsp3) is 0.519. The number of H-pyrrole nitrogens is 4. The van der Waals surface area contributed by atoms with E-state index < -0.39 is 0 Å². The number of aromatic amines is 4. The zero-order valence-corrected chi connectivity index (χ0v) is 83.2. The van der Waals surface area contributed by atoms with Crippen LogP contribution in [0.25, 0.3) is 43.6 Å². The Morgan fingerprint density at radius 1 is 0.329 bits per heavy atom. The van der Waals surface area contributed by atoms with Gasteiger partial charge < -0.3 is 62.5 Å².